The van der Waals surface area contributed by atoms with Gasteiger partial charge in [0.1, 0.15) is 0 Å². The first-order valence-electron chi connectivity index (χ1n) is 5.81. The maximum Gasteiger partial charge on any atom is 0.329 e. The number of aromatic nitrogens is 4. The zero-order valence-electron chi connectivity index (χ0n) is 9.99. The summed E-state index contributed by atoms with van der Waals surface area (Å²) in [6, 6.07) is 0. The minimum absolute atomic E-state index is 0.339. The Bertz CT molecular complexity index is 690. The first kappa shape index (κ1) is 11.0. The van der Waals surface area contributed by atoms with Crippen LogP contribution in [-0.2, 0) is 7.05 Å². The van der Waals surface area contributed by atoms with E-state index < -0.39 is 11.2 Å². The van der Waals surface area contributed by atoms with Gasteiger partial charge in [0.15, 0.2) is 11.2 Å². The van der Waals surface area contributed by atoms with E-state index in [1.807, 2.05) is 0 Å². The van der Waals surface area contributed by atoms with Crippen LogP contribution in [0.3, 0.4) is 0 Å². The third kappa shape index (κ3) is 1.61. The van der Waals surface area contributed by atoms with Crippen LogP contribution in [-0.4, -0.2) is 45.7 Å². The van der Waals surface area contributed by atoms with Crippen molar-refractivity contribution < 1.29 is 0 Å². The topological polar surface area (TPSA) is 98.8 Å². The molecule has 0 unspecified atom stereocenters. The number of imidazole rings is 1. The second-order valence-corrected chi connectivity index (χ2v) is 4.31. The number of fused-ring (bicyclic) bond motifs is 1. The standard InChI is InChI=1S/C10H14N6O2/c1-15-7-6(8(17)14-10(15)18)12-9(13-7)16-4-2-11-3-5-16/h11H,2-5H2,1H3,(H,12,13)(H,14,17,18). The van der Waals surface area contributed by atoms with E-state index in [0.29, 0.717) is 17.1 Å². The summed E-state index contributed by atoms with van der Waals surface area (Å²) in [6.45, 7) is 3.41. The highest BCUT2D eigenvalue weighted by Gasteiger charge is 2.17. The first-order valence-corrected chi connectivity index (χ1v) is 5.81. The van der Waals surface area contributed by atoms with Gasteiger partial charge in [-0.05, 0) is 0 Å². The number of hydrogen-bond donors (Lipinski definition) is 3. The van der Waals surface area contributed by atoms with Crippen LogP contribution in [0.25, 0.3) is 11.2 Å². The van der Waals surface area contributed by atoms with Crippen LogP contribution in [0.2, 0.25) is 0 Å². The molecule has 1 aliphatic heterocycles. The fraction of sp³-hybridized carbons (Fsp3) is 0.500. The highest BCUT2D eigenvalue weighted by molar-refractivity contribution is 5.72. The van der Waals surface area contributed by atoms with E-state index in [2.05, 4.69) is 25.2 Å². The molecule has 0 spiro atoms. The van der Waals surface area contributed by atoms with Crippen molar-refractivity contribution >= 4 is 17.1 Å². The third-order valence-electron chi connectivity index (χ3n) is 3.16. The van der Waals surface area contributed by atoms with Crippen LogP contribution in [0.15, 0.2) is 9.59 Å². The monoisotopic (exact) mass is 250 g/mol. The van der Waals surface area contributed by atoms with E-state index in [0.717, 1.165) is 26.2 Å². The lowest BCUT2D eigenvalue weighted by Crippen LogP contribution is -2.44. The SMILES string of the molecule is Cn1c(=O)[nH]c(=O)c2[nH]c(N3CCNCC3)nc21. The molecule has 0 radical (unpaired) electrons. The fourth-order valence-corrected chi connectivity index (χ4v) is 2.12. The highest BCUT2D eigenvalue weighted by atomic mass is 16.2. The number of aromatic amines is 2. The van der Waals surface area contributed by atoms with Crippen LogP contribution in [0.5, 0.6) is 0 Å². The number of piperazine rings is 1. The molecular weight excluding hydrogens is 236 g/mol. The zero-order chi connectivity index (χ0) is 12.7. The summed E-state index contributed by atoms with van der Waals surface area (Å²) in [4.78, 5) is 34.8. The lowest BCUT2D eigenvalue weighted by Gasteiger charge is -2.26. The van der Waals surface area contributed by atoms with Crippen molar-refractivity contribution in [1.82, 2.24) is 24.8 Å². The van der Waals surface area contributed by atoms with Crippen LogP contribution >= 0.6 is 0 Å². The first-order chi connectivity index (χ1) is 8.66. The summed E-state index contributed by atoms with van der Waals surface area (Å²) >= 11 is 0. The van der Waals surface area contributed by atoms with Gasteiger partial charge in [-0.25, -0.2) is 4.79 Å². The molecule has 1 aliphatic rings. The molecule has 8 nitrogen and oxygen atoms in total. The average molecular weight is 250 g/mol. The third-order valence-corrected chi connectivity index (χ3v) is 3.16. The van der Waals surface area contributed by atoms with Crippen molar-refractivity contribution in [3.8, 4) is 0 Å². The van der Waals surface area contributed by atoms with E-state index >= 15 is 0 Å². The normalized spacial score (nSPS) is 16.4. The van der Waals surface area contributed by atoms with Crippen LogP contribution in [0, 0.1) is 0 Å². The molecule has 0 saturated carbocycles. The van der Waals surface area contributed by atoms with E-state index in [4.69, 9.17) is 0 Å². The summed E-state index contributed by atoms with van der Waals surface area (Å²) in [5.41, 5.74) is -0.157. The molecule has 3 N–H and O–H groups in total. The van der Waals surface area contributed by atoms with Crippen LogP contribution in [0.1, 0.15) is 0 Å². The molecule has 0 amide bonds. The van der Waals surface area contributed by atoms with E-state index in [1.54, 1.807) is 7.05 Å². The molecule has 18 heavy (non-hydrogen) atoms. The Balaban J connectivity index is 2.16. The van der Waals surface area contributed by atoms with Gasteiger partial charge in [0.25, 0.3) is 5.56 Å². The summed E-state index contributed by atoms with van der Waals surface area (Å²) < 4.78 is 1.33. The lowest BCUT2D eigenvalue weighted by molar-refractivity contribution is 0.582. The minimum Gasteiger partial charge on any atom is -0.340 e. The Kier molecular flexibility index (Phi) is 2.44. The summed E-state index contributed by atoms with van der Waals surface area (Å²) in [5, 5.41) is 3.24. The van der Waals surface area contributed by atoms with Gasteiger partial charge in [0.05, 0.1) is 0 Å². The molecule has 3 heterocycles. The van der Waals surface area contributed by atoms with Crippen molar-refractivity contribution in [2.24, 2.45) is 7.05 Å². The highest BCUT2D eigenvalue weighted by Crippen LogP contribution is 2.13. The van der Waals surface area contributed by atoms with E-state index in [1.165, 1.54) is 4.57 Å². The zero-order valence-corrected chi connectivity index (χ0v) is 9.99. The molecule has 3 rings (SSSR count). The van der Waals surface area contributed by atoms with Gasteiger partial charge >= 0.3 is 5.69 Å². The molecule has 1 fully saturated rings. The molecule has 0 bridgehead atoms. The predicted molar refractivity (Wildman–Crippen MR) is 67.0 cm³/mol. The Hall–Kier alpha value is -2.09. The number of aryl methyl sites for hydroxylation is 1. The van der Waals surface area contributed by atoms with Crippen molar-refractivity contribution in [3.05, 3.63) is 20.8 Å². The van der Waals surface area contributed by atoms with Gasteiger partial charge in [-0.15, -0.1) is 0 Å². The molecule has 0 aromatic carbocycles. The van der Waals surface area contributed by atoms with Gasteiger partial charge in [-0.1, -0.05) is 0 Å². The van der Waals surface area contributed by atoms with Gasteiger partial charge in [-0.2, -0.15) is 4.98 Å². The number of nitrogens with zero attached hydrogens (tertiary/aromatic N) is 3. The summed E-state index contributed by atoms with van der Waals surface area (Å²) in [6.07, 6.45) is 0. The molecule has 2 aromatic heterocycles. The molecular formula is C10H14N6O2. The van der Waals surface area contributed by atoms with Crippen molar-refractivity contribution in [1.29, 1.82) is 0 Å². The van der Waals surface area contributed by atoms with Crippen molar-refractivity contribution in [3.63, 3.8) is 0 Å². The number of H-pyrrole nitrogens is 2. The number of hydrogen-bond acceptors (Lipinski definition) is 5. The van der Waals surface area contributed by atoms with E-state index in [-0.39, 0.29) is 0 Å². The molecule has 0 aliphatic carbocycles. The molecule has 0 atom stereocenters. The van der Waals surface area contributed by atoms with Gasteiger partial charge in [-0.3, -0.25) is 14.3 Å². The smallest absolute Gasteiger partial charge is 0.329 e. The predicted octanol–water partition coefficient (Wildman–Crippen LogP) is -1.64. The minimum atomic E-state index is -0.453. The maximum absolute atomic E-state index is 11.7. The Labute approximate surface area is 102 Å². The molecule has 1 saturated heterocycles. The summed E-state index contributed by atoms with van der Waals surface area (Å²) in [5.74, 6) is 0.637. The second-order valence-electron chi connectivity index (χ2n) is 4.31. The van der Waals surface area contributed by atoms with Gasteiger partial charge in [0.2, 0.25) is 5.95 Å². The maximum atomic E-state index is 11.7. The fourth-order valence-electron chi connectivity index (χ4n) is 2.12. The Morgan fingerprint density at radius 1 is 1.17 bits per heavy atom. The number of rotatable bonds is 1. The molecule has 96 valence electrons. The summed E-state index contributed by atoms with van der Waals surface area (Å²) in [7, 11) is 1.59. The van der Waals surface area contributed by atoms with Crippen molar-refractivity contribution in [2.45, 2.75) is 0 Å². The quantitative estimate of drug-likeness (QED) is 0.564. The van der Waals surface area contributed by atoms with Gasteiger partial charge < -0.3 is 15.2 Å². The van der Waals surface area contributed by atoms with Crippen LogP contribution < -0.4 is 21.5 Å². The number of nitrogens with one attached hydrogen (secondary N) is 3. The van der Waals surface area contributed by atoms with Gasteiger partial charge in [0, 0.05) is 33.2 Å². The Morgan fingerprint density at radius 3 is 2.61 bits per heavy atom. The average Bonchev–Trinajstić information content (AvgIpc) is 2.83. The number of anilines is 1. The van der Waals surface area contributed by atoms with Crippen molar-refractivity contribution in [2.75, 3.05) is 31.1 Å². The lowest BCUT2D eigenvalue weighted by atomic mass is 10.4. The molecule has 8 heteroatoms. The largest absolute Gasteiger partial charge is 0.340 e. The van der Waals surface area contributed by atoms with E-state index in [9.17, 15) is 9.59 Å². The molecule has 2 aromatic rings. The van der Waals surface area contributed by atoms with Crippen LogP contribution in [0.4, 0.5) is 5.95 Å². The second kappa shape index (κ2) is 3.98. The Morgan fingerprint density at radius 2 is 1.89 bits per heavy atom.